The van der Waals surface area contributed by atoms with Gasteiger partial charge < -0.3 is 24.1 Å². The molecule has 3 heterocycles. The average molecular weight is 549 g/mol. The van der Waals surface area contributed by atoms with Crippen LogP contribution in [-0.4, -0.2) is 68.5 Å². The molecular weight excluding hydrogens is 513 g/mol. The highest BCUT2D eigenvalue weighted by molar-refractivity contribution is 7.85. The number of benzene rings is 1. The zero-order valence-electron chi connectivity index (χ0n) is 22.8. The van der Waals surface area contributed by atoms with Crippen LogP contribution in [0.1, 0.15) is 69.2 Å². The van der Waals surface area contributed by atoms with Crippen LogP contribution in [0.15, 0.2) is 24.4 Å². The molecule has 208 valence electrons. The van der Waals surface area contributed by atoms with E-state index in [4.69, 9.17) is 23.0 Å². The molecule has 2 aliphatic heterocycles. The number of aryl methyl sites for hydroxylation is 1. The molecule has 13 heteroatoms. The van der Waals surface area contributed by atoms with Crippen LogP contribution in [0.25, 0.3) is 0 Å². The van der Waals surface area contributed by atoms with Gasteiger partial charge in [0.05, 0.1) is 23.7 Å². The SMILES string of the molecule is Cc1cc(B2OC(C)(C)C(C)(C)O2)ccc1NC(=O)c1c(OCCOS(C)(=O)=O)cnn1C1CCCCO1. The number of carbonyl (C=O) groups excluding carboxylic acids is 1. The average Bonchev–Trinajstić information content (AvgIpc) is 3.35. The second-order valence-electron chi connectivity index (χ2n) is 10.6. The summed E-state index contributed by atoms with van der Waals surface area (Å²) < 4.78 is 52.6. The van der Waals surface area contributed by atoms with Crippen LogP contribution in [0.5, 0.6) is 5.75 Å². The molecule has 1 unspecified atom stereocenters. The molecule has 0 saturated carbocycles. The summed E-state index contributed by atoms with van der Waals surface area (Å²) >= 11 is 0. The summed E-state index contributed by atoms with van der Waals surface area (Å²) in [7, 11) is -4.11. The molecule has 0 aliphatic carbocycles. The van der Waals surface area contributed by atoms with E-state index in [2.05, 4.69) is 10.4 Å². The first-order valence-corrected chi connectivity index (χ1v) is 14.5. The molecule has 1 aromatic carbocycles. The highest BCUT2D eigenvalue weighted by atomic mass is 32.2. The van der Waals surface area contributed by atoms with Gasteiger partial charge in [0.1, 0.15) is 13.2 Å². The largest absolute Gasteiger partial charge is 0.494 e. The number of nitrogens with one attached hydrogen (secondary N) is 1. The van der Waals surface area contributed by atoms with Crippen molar-refractivity contribution < 1.29 is 36.2 Å². The number of hydrogen-bond acceptors (Lipinski definition) is 9. The van der Waals surface area contributed by atoms with Crippen molar-refractivity contribution in [2.45, 2.75) is 71.3 Å². The first kappa shape index (κ1) is 28.6. The van der Waals surface area contributed by atoms with Gasteiger partial charge >= 0.3 is 7.12 Å². The molecule has 2 aromatic rings. The Labute approximate surface area is 224 Å². The van der Waals surface area contributed by atoms with Crippen molar-refractivity contribution in [3.63, 3.8) is 0 Å². The normalized spacial score (nSPS) is 20.9. The summed E-state index contributed by atoms with van der Waals surface area (Å²) in [6.45, 7) is 10.2. The number of rotatable bonds is 9. The Kier molecular flexibility index (Phi) is 8.24. The fraction of sp³-hybridized carbons (Fsp3) is 0.600. The Morgan fingerprint density at radius 2 is 1.89 bits per heavy atom. The Balaban J connectivity index is 1.53. The molecule has 1 N–H and O–H groups in total. The van der Waals surface area contributed by atoms with E-state index in [0.717, 1.165) is 30.1 Å². The summed E-state index contributed by atoms with van der Waals surface area (Å²) in [6, 6.07) is 5.61. The molecule has 11 nitrogen and oxygen atoms in total. The van der Waals surface area contributed by atoms with Gasteiger partial charge in [-0.25, -0.2) is 4.68 Å². The predicted molar refractivity (Wildman–Crippen MR) is 142 cm³/mol. The smallest absolute Gasteiger partial charge is 0.487 e. The minimum atomic E-state index is -3.60. The van der Waals surface area contributed by atoms with Gasteiger partial charge in [0.25, 0.3) is 16.0 Å². The van der Waals surface area contributed by atoms with Crippen LogP contribution in [-0.2, 0) is 28.3 Å². The third-order valence-electron chi connectivity index (χ3n) is 7.07. The van der Waals surface area contributed by atoms with E-state index in [9.17, 15) is 13.2 Å². The van der Waals surface area contributed by atoms with Gasteiger partial charge in [-0.2, -0.15) is 13.5 Å². The lowest BCUT2D eigenvalue weighted by Crippen LogP contribution is -2.41. The second-order valence-corrected chi connectivity index (χ2v) is 12.3. The first-order valence-electron chi connectivity index (χ1n) is 12.7. The fourth-order valence-electron chi connectivity index (χ4n) is 4.27. The summed E-state index contributed by atoms with van der Waals surface area (Å²) in [6.07, 6.45) is 4.59. The maximum Gasteiger partial charge on any atom is 0.494 e. The molecule has 0 bridgehead atoms. The van der Waals surface area contributed by atoms with Crippen LogP contribution in [0.4, 0.5) is 5.69 Å². The van der Waals surface area contributed by atoms with E-state index in [0.29, 0.717) is 18.7 Å². The zero-order chi connectivity index (χ0) is 27.7. The number of aromatic nitrogens is 2. The van der Waals surface area contributed by atoms with Crippen LogP contribution < -0.4 is 15.5 Å². The topological polar surface area (TPSA) is 127 Å². The summed E-state index contributed by atoms with van der Waals surface area (Å²) in [5.41, 5.74) is 1.57. The number of carbonyl (C=O) groups is 1. The highest BCUT2D eigenvalue weighted by Crippen LogP contribution is 2.36. The molecule has 1 atom stereocenters. The van der Waals surface area contributed by atoms with Gasteiger partial charge in [0.2, 0.25) is 0 Å². The number of ether oxygens (including phenoxy) is 2. The Bertz CT molecular complexity index is 1260. The van der Waals surface area contributed by atoms with Crippen LogP contribution >= 0.6 is 0 Å². The fourth-order valence-corrected chi connectivity index (χ4v) is 4.65. The second kappa shape index (κ2) is 11.0. The molecule has 2 aliphatic rings. The van der Waals surface area contributed by atoms with Crippen molar-refractivity contribution in [2.75, 3.05) is 31.4 Å². The van der Waals surface area contributed by atoms with Crippen molar-refractivity contribution in [3.05, 3.63) is 35.7 Å². The molecule has 1 aromatic heterocycles. The zero-order valence-corrected chi connectivity index (χ0v) is 23.6. The van der Waals surface area contributed by atoms with Gasteiger partial charge in [-0.3, -0.25) is 8.98 Å². The van der Waals surface area contributed by atoms with Gasteiger partial charge in [-0.1, -0.05) is 12.1 Å². The van der Waals surface area contributed by atoms with Crippen molar-refractivity contribution in [3.8, 4) is 5.75 Å². The Morgan fingerprint density at radius 3 is 2.50 bits per heavy atom. The quantitative estimate of drug-likeness (QED) is 0.285. The van der Waals surface area contributed by atoms with E-state index in [1.165, 1.54) is 10.9 Å². The van der Waals surface area contributed by atoms with Crippen molar-refractivity contribution in [1.82, 2.24) is 9.78 Å². The highest BCUT2D eigenvalue weighted by Gasteiger charge is 2.51. The van der Waals surface area contributed by atoms with E-state index >= 15 is 0 Å². The van der Waals surface area contributed by atoms with Crippen LogP contribution in [0.3, 0.4) is 0 Å². The lowest BCUT2D eigenvalue weighted by Gasteiger charge is -2.32. The van der Waals surface area contributed by atoms with E-state index in [-0.39, 0.29) is 24.7 Å². The van der Waals surface area contributed by atoms with Crippen molar-refractivity contribution in [1.29, 1.82) is 0 Å². The number of amides is 1. The molecular formula is C25H36BN3O8S. The molecule has 0 radical (unpaired) electrons. The van der Waals surface area contributed by atoms with E-state index in [1.54, 1.807) is 0 Å². The number of nitrogens with zero attached hydrogens (tertiary/aromatic N) is 2. The molecule has 2 saturated heterocycles. The summed E-state index contributed by atoms with van der Waals surface area (Å²) in [5.74, 6) is -0.220. The monoisotopic (exact) mass is 549 g/mol. The summed E-state index contributed by atoms with van der Waals surface area (Å²) in [5, 5.41) is 7.31. The molecule has 38 heavy (non-hydrogen) atoms. The van der Waals surface area contributed by atoms with E-state index < -0.39 is 40.6 Å². The first-order chi connectivity index (χ1) is 17.8. The Hall–Kier alpha value is -2.45. The van der Waals surface area contributed by atoms with Crippen molar-refractivity contribution >= 4 is 34.3 Å². The maximum atomic E-state index is 13.5. The van der Waals surface area contributed by atoms with E-state index in [1.807, 2.05) is 52.8 Å². The van der Waals surface area contributed by atoms with Gasteiger partial charge in [0.15, 0.2) is 17.7 Å². The lowest BCUT2D eigenvalue weighted by molar-refractivity contribution is -0.0406. The maximum absolute atomic E-state index is 13.5. The minimum absolute atomic E-state index is 0.0770. The van der Waals surface area contributed by atoms with Gasteiger partial charge in [0, 0.05) is 12.3 Å². The molecule has 2 fully saturated rings. The number of anilines is 1. The third kappa shape index (κ3) is 6.40. The molecule has 0 spiro atoms. The van der Waals surface area contributed by atoms with Gasteiger partial charge in [-0.05, 0) is 71.0 Å². The minimum Gasteiger partial charge on any atom is -0.487 e. The standard InChI is InChI=1S/C25H36BN3O8S/c1-17-15-18(26-36-24(2,3)25(4,5)37-26)10-11-19(17)28-23(30)22-20(33-13-14-35-38(6,31)32)16-27-29(22)21-9-7-8-12-34-21/h10-11,15-16,21H,7-9,12-14H2,1-6H3,(H,28,30). The van der Waals surface area contributed by atoms with Crippen LogP contribution in [0, 0.1) is 6.92 Å². The summed E-state index contributed by atoms with van der Waals surface area (Å²) in [4.78, 5) is 13.5. The lowest BCUT2D eigenvalue weighted by atomic mass is 9.78. The third-order valence-corrected chi connectivity index (χ3v) is 7.66. The van der Waals surface area contributed by atoms with Crippen molar-refractivity contribution in [2.24, 2.45) is 0 Å². The number of hydrogen-bond donors (Lipinski definition) is 1. The van der Waals surface area contributed by atoms with Gasteiger partial charge in [-0.15, -0.1) is 0 Å². The van der Waals surface area contributed by atoms with Crippen LogP contribution in [0.2, 0.25) is 0 Å². The molecule has 1 amide bonds. The molecule has 4 rings (SSSR count). The Morgan fingerprint density at radius 1 is 1.18 bits per heavy atom. The predicted octanol–water partition coefficient (Wildman–Crippen LogP) is 2.80.